The molecule has 0 bridgehead atoms. The first kappa shape index (κ1) is 14.6. The van der Waals surface area contributed by atoms with E-state index in [1.165, 1.54) is 5.56 Å². The van der Waals surface area contributed by atoms with E-state index in [9.17, 15) is 0 Å². The second kappa shape index (κ2) is 6.57. The Bertz CT molecular complexity index is 561. The highest BCUT2D eigenvalue weighted by molar-refractivity contribution is 5.47. The zero-order valence-electron chi connectivity index (χ0n) is 12.7. The normalized spacial score (nSPS) is 11.1. The van der Waals surface area contributed by atoms with Crippen molar-refractivity contribution in [2.24, 2.45) is 5.92 Å². The van der Waals surface area contributed by atoms with Crippen molar-refractivity contribution in [2.45, 2.75) is 27.3 Å². The van der Waals surface area contributed by atoms with Crippen LogP contribution in [0, 0.1) is 12.8 Å². The van der Waals surface area contributed by atoms with Crippen molar-refractivity contribution >= 4 is 0 Å². The molecular weight excluding hydrogens is 250 g/mol. The number of hydrogen-bond acceptors (Lipinski definition) is 3. The molecule has 1 aromatic carbocycles. The summed E-state index contributed by atoms with van der Waals surface area (Å²) in [6, 6.07) is 7.93. The van der Waals surface area contributed by atoms with Gasteiger partial charge >= 0.3 is 0 Å². The number of methoxy groups -OCH3 is 1. The largest absolute Gasteiger partial charge is 0.494 e. The monoisotopic (exact) mass is 273 g/mol. The van der Waals surface area contributed by atoms with Gasteiger partial charge in [0, 0.05) is 17.8 Å². The van der Waals surface area contributed by atoms with Crippen LogP contribution in [-0.2, 0) is 6.54 Å². The fourth-order valence-electron chi connectivity index (χ4n) is 2.16. The Morgan fingerprint density at radius 2 is 2.05 bits per heavy atom. The van der Waals surface area contributed by atoms with Gasteiger partial charge in [-0.25, -0.2) is 4.68 Å². The van der Waals surface area contributed by atoms with Crippen molar-refractivity contribution in [3.05, 3.63) is 41.7 Å². The van der Waals surface area contributed by atoms with Gasteiger partial charge in [-0.1, -0.05) is 26.0 Å². The van der Waals surface area contributed by atoms with E-state index in [0.29, 0.717) is 5.92 Å². The summed E-state index contributed by atoms with van der Waals surface area (Å²) >= 11 is 0. The van der Waals surface area contributed by atoms with Gasteiger partial charge in [-0.05, 0) is 31.5 Å². The van der Waals surface area contributed by atoms with Crippen molar-refractivity contribution in [3.63, 3.8) is 0 Å². The first-order chi connectivity index (χ1) is 9.63. The first-order valence-electron chi connectivity index (χ1n) is 7.01. The van der Waals surface area contributed by atoms with E-state index in [2.05, 4.69) is 31.2 Å². The molecule has 1 heterocycles. The van der Waals surface area contributed by atoms with Crippen LogP contribution >= 0.6 is 0 Å². The zero-order chi connectivity index (χ0) is 14.5. The van der Waals surface area contributed by atoms with Gasteiger partial charge in [-0.3, -0.25) is 0 Å². The lowest BCUT2D eigenvalue weighted by atomic mass is 10.2. The van der Waals surface area contributed by atoms with Crippen molar-refractivity contribution in [2.75, 3.05) is 13.7 Å². The summed E-state index contributed by atoms with van der Waals surface area (Å²) in [5, 5.41) is 7.94. The third kappa shape index (κ3) is 3.20. The van der Waals surface area contributed by atoms with E-state index in [1.807, 2.05) is 35.1 Å². The van der Waals surface area contributed by atoms with Crippen LogP contribution in [-0.4, -0.2) is 23.4 Å². The summed E-state index contributed by atoms with van der Waals surface area (Å²) in [6.07, 6.45) is 1.93. The van der Waals surface area contributed by atoms with Crippen molar-refractivity contribution < 1.29 is 4.74 Å². The van der Waals surface area contributed by atoms with Gasteiger partial charge in [0.2, 0.25) is 0 Å². The van der Waals surface area contributed by atoms with Crippen molar-refractivity contribution in [1.82, 2.24) is 15.1 Å². The molecule has 0 saturated carbocycles. The van der Waals surface area contributed by atoms with Gasteiger partial charge < -0.3 is 10.1 Å². The lowest BCUT2D eigenvalue weighted by molar-refractivity contribution is 0.411. The molecule has 0 spiro atoms. The molecule has 0 radical (unpaired) electrons. The summed E-state index contributed by atoms with van der Waals surface area (Å²) in [5.74, 6) is 1.49. The molecule has 4 heteroatoms. The zero-order valence-corrected chi connectivity index (χ0v) is 12.7. The Balaban J connectivity index is 2.20. The lowest BCUT2D eigenvalue weighted by Gasteiger charge is -2.11. The SMILES string of the molecule is COc1ccccc1-n1ncc(CNCC(C)C)c1C. The van der Waals surface area contributed by atoms with Crippen LogP contribution < -0.4 is 10.1 Å². The Morgan fingerprint density at radius 3 is 2.75 bits per heavy atom. The number of rotatable bonds is 6. The minimum absolute atomic E-state index is 0.652. The smallest absolute Gasteiger partial charge is 0.144 e. The molecule has 0 aliphatic carbocycles. The Morgan fingerprint density at radius 1 is 1.30 bits per heavy atom. The number of ether oxygens (including phenoxy) is 1. The summed E-state index contributed by atoms with van der Waals surface area (Å²) in [5.41, 5.74) is 3.34. The van der Waals surface area contributed by atoms with Crippen LogP contribution in [0.25, 0.3) is 5.69 Å². The van der Waals surface area contributed by atoms with Gasteiger partial charge in [-0.15, -0.1) is 0 Å². The minimum Gasteiger partial charge on any atom is -0.494 e. The maximum Gasteiger partial charge on any atom is 0.144 e. The molecular formula is C16H23N3O. The highest BCUT2D eigenvalue weighted by Gasteiger charge is 2.11. The van der Waals surface area contributed by atoms with Gasteiger partial charge in [0.25, 0.3) is 0 Å². The summed E-state index contributed by atoms with van der Waals surface area (Å²) in [7, 11) is 1.68. The van der Waals surface area contributed by atoms with Crippen LogP contribution in [0.2, 0.25) is 0 Å². The molecule has 0 unspecified atom stereocenters. The number of para-hydroxylation sites is 2. The van der Waals surface area contributed by atoms with Crippen LogP contribution in [0.4, 0.5) is 0 Å². The Labute approximate surface area is 120 Å². The Kier molecular flexibility index (Phi) is 4.79. The topological polar surface area (TPSA) is 39.1 Å². The molecule has 0 aliphatic heterocycles. The third-order valence-corrected chi connectivity index (χ3v) is 3.29. The molecule has 0 fully saturated rings. The molecule has 0 atom stereocenters. The summed E-state index contributed by atoms with van der Waals surface area (Å²) in [4.78, 5) is 0. The maximum atomic E-state index is 5.40. The summed E-state index contributed by atoms with van der Waals surface area (Å²) in [6.45, 7) is 8.36. The molecule has 2 aromatic rings. The van der Waals surface area contributed by atoms with E-state index >= 15 is 0 Å². The number of nitrogens with one attached hydrogen (secondary N) is 1. The molecule has 1 aromatic heterocycles. The average molecular weight is 273 g/mol. The molecule has 2 rings (SSSR count). The molecule has 20 heavy (non-hydrogen) atoms. The number of aromatic nitrogens is 2. The Hall–Kier alpha value is -1.81. The van der Waals surface area contributed by atoms with Crippen LogP contribution in [0.5, 0.6) is 5.75 Å². The number of benzene rings is 1. The first-order valence-corrected chi connectivity index (χ1v) is 7.01. The van der Waals surface area contributed by atoms with Crippen LogP contribution in [0.1, 0.15) is 25.1 Å². The van der Waals surface area contributed by atoms with E-state index in [4.69, 9.17) is 4.74 Å². The summed E-state index contributed by atoms with van der Waals surface area (Å²) < 4.78 is 7.34. The number of hydrogen-bond donors (Lipinski definition) is 1. The quantitative estimate of drug-likeness (QED) is 0.879. The fourth-order valence-corrected chi connectivity index (χ4v) is 2.16. The van der Waals surface area contributed by atoms with Crippen molar-refractivity contribution in [1.29, 1.82) is 0 Å². The molecule has 0 aliphatic rings. The highest BCUT2D eigenvalue weighted by atomic mass is 16.5. The second-order valence-corrected chi connectivity index (χ2v) is 5.36. The predicted octanol–water partition coefficient (Wildman–Crippen LogP) is 2.93. The lowest BCUT2D eigenvalue weighted by Crippen LogP contribution is -2.19. The molecule has 0 amide bonds. The molecule has 1 N–H and O–H groups in total. The van der Waals surface area contributed by atoms with E-state index in [-0.39, 0.29) is 0 Å². The van der Waals surface area contributed by atoms with Gasteiger partial charge in [0.05, 0.1) is 13.3 Å². The highest BCUT2D eigenvalue weighted by Crippen LogP contribution is 2.23. The van der Waals surface area contributed by atoms with Gasteiger partial charge in [-0.2, -0.15) is 5.10 Å². The fraction of sp³-hybridized carbons (Fsp3) is 0.438. The van der Waals surface area contributed by atoms with Crippen LogP contribution in [0.15, 0.2) is 30.5 Å². The second-order valence-electron chi connectivity index (χ2n) is 5.36. The third-order valence-electron chi connectivity index (χ3n) is 3.29. The standard InChI is InChI=1S/C16H23N3O/c1-12(2)9-17-10-14-11-18-19(13(14)3)15-7-5-6-8-16(15)20-4/h5-8,11-12,17H,9-10H2,1-4H3. The maximum absolute atomic E-state index is 5.40. The average Bonchev–Trinajstić information content (AvgIpc) is 2.80. The van der Waals surface area contributed by atoms with E-state index in [0.717, 1.165) is 30.2 Å². The van der Waals surface area contributed by atoms with E-state index < -0.39 is 0 Å². The minimum atomic E-state index is 0.652. The van der Waals surface area contributed by atoms with Crippen molar-refractivity contribution in [3.8, 4) is 11.4 Å². The van der Waals surface area contributed by atoms with Crippen LogP contribution in [0.3, 0.4) is 0 Å². The molecule has 108 valence electrons. The predicted molar refractivity (Wildman–Crippen MR) is 81.4 cm³/mol. The van der Waals surface area contributed by atoms with Gasteiger partial charge in [0.15, 0.2) is 0 Å². The molecule has 0 saturated heterocycles. The van der Waals surface area contributed by atoms with E-state index in [1.54, 1.807) is 7.11 Å². The number of nitrogens with zero attached hydrogens (tertiary/aromatic N) is 2. The molecule has 4 nitrogen and oxygen atoms in total. The van der Waals surface area contributed by atoms with Gasteiger partial charge in [0.1, 0.15) is 11.4 Å².